The van der Waals surface area contributed by atoms with Crippen LogP contribution in [0.5, 0.6) is 17.8 Å². The van der Waals surface area contributed by atoms with Gasteiger partial charge in [-0.05, 0) is 0 Å². The van der Waals surface area contributed by atoms with Crippen molar-refractivity contribution in [3.8, 4) is 17.8 Å². The Labute approximate surface area is 119 Å². The van der Waals surface area contributed by atoms with Gasteiger partial charge < -0.3 is 14.2 Å². The maximum atomic E-state index is 10.5. The van der Waals surface area contributed by atoms with Crippen molar-refractivity contribution in [2.24, 2.45) is 0 Å². The molecule has 0 saturated heterocycles. The average Bonchev–Trinajstić information content (AvgIpc) is 2.96. The van der Waals surface area contributed by atoms with Gasteiger partial charge in [-0.3, -0.25) is 14.8 Å². The Kier molecular flexibility index (Phi) is 4.49. The minimum absolute atomic E-state index is 0.0747. The fourth-order valence-corrected chi connectivity index (χ4v) is 1.46. The summed E-state index contributed by atoms with van der Waals surface area (Å²) in [5.74, 6) is 0.623. The Bertz CT molecular complexity index is 607. The van der Waals surface area contributed by atoms with Crippen LogP contribution in [-0.2, 0) is 6.54 Å². The third-order valence-corrected chi connectivity index (χ3v) is 2.46. The highest BCUT2D eigenvalue weighted by molar-refractivity contribution is 5.23. The number of nitro groups is 1. The molecule has 2 heterocycles. The lowest BCUT2D eigenvalue weighted by Gasteiger charge is -2.07. The molecule has 0 N–H and O–H groups in total. The molecule has 0 atom stereocenters. The molecule has 0 fully saturated rings. The van der Waals surface area contributed by atoms with Crippen molar-refractivity contribution in [2.45, 2.75) is 6.54 Å². The van der Waals surface area contributed by atoms with Gasteiger partial charge in [0.15, 0.2) is 0 Å². The van der Waals surface area contributed by atoms with Gasteiger partial charge in [-0.2, -0.15) is 15.1 Å². The molecule has 0 spiro atoms. The van der Waals surface area contributed by atoms with Gasteiger partial charge in [0.1, 0.15) is 19.0 Å². The molecule has 0 aliphatic rings. The molecule has 0 unspecified atom stereocenters. The summed E-state index contributed by atoms with van der Waals surface area (Å²) in [4.78, 5) is 18.0. The van der Waals surface area contributed by atoms with E-state index in [1.807, 2.05) is 0 Å². The molecule has 10 nitrogen and oxygen atoms in total. The lowest BCUT2D eigenvalue weighted by molar-refractivity contribution is -0.385. The minimum atomic E-state index is -0.513. The third-order valence-electron chi connectivity index (χ3n) is 2.46. The van der Waals surface area contributed by atoms with E-state index >= 15 is 0 Å². The lowest BCUT2D eigenvalue weighted by Crippen LogP contribution is -2.10. The number of aromatic nitrogens is 4. The topological polar surface area (TPSA) is 114 Å². The Balaban J connectivity index is 1.94. The van der Waals surface area contributed by atoms with Crippen LogP contribution >= 0.6 is 0 Å². The summed E-state index contributed by atoms with van der Waals surface area (Å²) in [5, 5.41) is 14.4. The van der Waals surface area contributed by atoms with Gasteiger partial charge in [0, 0.05) is 0 Å². The zero-order chi connectivity index (χ0) is 15.2. The van der Waals surface area contributed by atoms with Crippen molar-refractivity contribution in [3.63, 3.8) is 0 Å². The summed E-state index contributed by atoms with van der Waals surface area (Å²) < 4.78 is 16.7. The van der Waals surface area contributed by atoms with E-state index in [2.05, 4.69) is 15.1 Å². The summed E-state index contributed by atoms with van der Waals surface area (Å²) in [5.41, 5.74) is -0.0747. The quantitative estimate of drug-likeness (QED) is 0.541. The molecular weight excluding hydrogens is 282 g/mol. The fraction of sp³-hybridized carbons (Fsp3) is 0.364. The van der Waals surface area contributed by atoms with E-state index in [4.69, 9.17) is 14.2 Å². The highest BCUT2D eigenvalue weighted by Gasteiger charge is 2.09. The summed E-state index contributed by atoms with van der Waals surface area (Å²) in [6, 6.07) is 1.61. The van der Waals surface area contributed by atoms with E-state index in [0.29, 0.717) is 18.3 Å². The zero-order valence-corrected chi connectivity index (χ0v) is 11.4. The van der Waals surface area contributed by atoms with Crippen LogP contribution in [0, 0.1) is 10.1 Å². The average molecular weight is 295 g/mol. The molecule has 0 bridgehead atoms. The van der Waals surface area contributed by atoms with E-state index < -0.39 is 4.92 Å². The van der Waals surface area contributed by atoms with Gasteiger partial charge in [-0.1, -0.05) is 0 Å². The summed E-state index contributed by atoms with van der Waals surface area (Å²) in [7, 11) is 2.93. The van der Waals surface area contributed by atoms with Crippen molar-refractivity contribution >= 4 is 5.69 Å². The highest BCUT2D eigenvalue weighted by Crippen LogP contribution is 2.18. The molecule has 2 rings (SSSR count). The van der Waals surface area contributed by atoms with E-state index in [1.165, 1.54) is 37.4 Å². The molecule has 112 valence electrons. The normalized spacial score (nSPS) is 10.2. The van der Waals surface area contributed by atoms with Crippen molar-refractivity contribution in [2.75, 3.05) is 20.8 Å². The van der Waals surface area contributed by atoms with Crippen molar-refractivity contribution < 1.29 is 19.1 Å². The largest absolute Gasteiger partial charge is 0.481 e. The van der Waals surface area contributed by atoms with Crippen LogP contribution in [0.2, 0.25) is 0 Å². The maximum absolute atomic E-state index is 10.5. The van der Waals surface area contributed by atoms with E-state index in [-0.39, 0.29) is 18.3 Å². The SMILES string of the molecule is COc1cc(OC)nc(OCCn2cc([N+](=O)[O-])cn2)n1. The monoisotopic (exact) mass is 295 g/mol. The predicted molar refractivity (Wildman–Crippen MR) is 69.5 cm³/mol. The number of hydrogen-bond donors (Lipinski definition) is 0. The molecule has 2 aromatic heterocycles. The number of hydrogen-bond acceptors (Lipinski definition) is 8. The standard InChI is InChI=1S/C11H13N5O5/c1-19-9-5-10(20-2)14-11(13-9)21-4-3-15-7-8(6-12-15)16(17)18/h5-7H,3-4H2,1-2H3. The summed E-state index contributed by atoms with van der Waals surface area (Å²) in [6.07, 6.45) is 2.49. The van der Waals surface area contributed by atoms with Crippen LogP contribution in [0.3, 0.4) is 0 Å². The molecular formula is C11H13N5O5. The van der Waals surface area contributed by atoms with Gasteiger partial charge in [0.2, 0.25) is 11.8 Å². The van der Waals surface area contributed by atoms with Crippen molar-refractivity contribution in [3.05, 3.63) is 28.6 Å². The Morgan fingerprint density at radius 1 is 1.29 bits per heavy atom. The van der Waals surface area contributed by atoms with Crippen LogP contribution in [0.1, 0.15) is 0 Å². The molecule has 0 aliphatic carbocycles. The fourth-order valence-electron chi connectivity index (χ4n) is 1.46. The first-order chi connectivity index (χ1) is 10.1. The molecule has 0 amide bonds. The molecule has 2 aromatic rings. The summed E-state index contributed by atoms with van der Waals surface area (Å²) >= 11 is 0. The van der Waals surface area contributed by atoms with Crippen molar-refractivity contribution in [1.82, 2.24) is 19.7 Å². The molecule has 10 heteroatoms. The van der Waals surface area contributed by atoms with Crippen LogP contribution in [0.15, 0.2) is 18.5 Å². The molecule has 0 aliphatic heterocycles. The first kappa shape index (κ1) is 14.5. The van der Waals surface area contributed by atoms with Gasteiger partial charge in [0.05, 0.1) is 31.8 Å². The number of rotatable bonds is 7. The van der Waals surface area contributed by atoms with E-state index in [9.17, 15) is 10.1 Å². The maximum Gasteiger partial charge on any atom is 0.323 e. The predicted octanol–water partition coefficient (Wildman–Crippen LogP) is 0.677. The molecule has 21 heavy (non-hydrogen) atoms. The van der Waals surface area contributed by atoms with Gasteiger partial charge >= 0.3 is 11.7 Å². The molecule has 0 saturated carbocycles. The number of nitrogens with zero attached hydrogens (tertiary/aromatic N) is 5. The first-order valence-corrected chi connectivity index (χ1v) is 5.89. The molecule has 0 aromatic carbocycles. The Hall–Kier alpha value is -2.91. The zero-order valence-electron chi connectivity index (χ0n) is 11.4. The Morgan fingerprint density at radius 3 is 2.48 bits per heavy atom. The van der Waals surface area contributed by atoms with Gasteiger partial charge in [0.25, 0.3) is 0 Å². The Morgan fingerprint density at radius 2 is 1.95 bits per heavy atom. The van der Waals surface area contributed by atoms with Crippen LogP contribution in [0.25, 0.3) is 0 Å². The van der Waals surface area contributed by atoms with Crippen LogP contribution in [0.4, 0.5) is 5.69 Å². The summed E-state index contributed by atoms with van der Waals surface area (Å²) in [6.45, 7) is 0.506. The third kappa shape index (κ3) is 3.78. The highest BCUT2D eigenvalue weighted by atomic mass is 16.6. The van der Waals surface area contributed by atoms with E-state index in [1.54, 1.807) is 0 Å². The second-order valence-electron chi connectivity index (χ2n) is 3.80. The first-order valence-electron chi connectivity index (χ1n) is 5.89. The number of methoxy groups -OCH3 is 2. The molecule has 0 radical (unpaired) electrons. The van der Waals surface area contributed by atoms with E-state index in [0.717, 1.165) is 0 Å². The minimum Gasteiger partial charge on any atom is -0.481 e. The second kappa shape index (κ2) is 6.50. The van der Waals surface area contributed by atoms with Gasteiger partial charge in [-0.15, -0.1) is 0 Å². The second-order valence-corrected chi connectivity index (χ2v) is 3.80. The van der Waals surface area contributed by atoms with Crippen LogP contribution in [-0.4, -0.2) is 45.5 Å². The lowest BCUT2D eigenvalue weighted by atomic mass is 10.6. The van der Waals surface area contributed by atoms with Gasteiger partial charge in [-0.25, -0.2) is 0 Å². The number of ether oxygens (including phenoxy) is 3. The smallest absolute Gasteiger partial charge is 0.323 e. The van der Waals surface area contributed by atoms with Crippen LogP contribution < -0.4 is 14.2 Å². The van der Waals surface area contributed by atoms with Crippen molar-refractivity contribution in [1.29, 1.82) is 0 Å².